The van der Waals surface area contributed by atoms with Crippen LogP contribution in [-0.2, 0) is 11.8 Å². The summed E-state index contributed by atoms with van der Waals surface area (Å²) >= 11 is 1.67. The van der Waals surface area contributed by atoms with Crippen LogP contribution in [0.4, 0.5) is 0 Å². The van der Waals surface area contributed by atoms with Gasteiger partial charge < -0.3 is 0 Å². The standard InChI is InChI=1S/C18H14N2S/c19-12-18(8-9-18)16-11-21-17(20-16)10-14-6-3-5-13-4-1-2-7-15(13)14/h1-7,11H,8-10H2. The fraction of sp³-hybridized carbons (Fsp3) is 0.222. The van der Waals surface area contributed by atoms with Crippen LogP contribution in [0.1, 0.15) is 29.1 Å². The molecule has 0 unspecified atom stereocenters. The van der Waals surface area contributed by atoms with Crippen molar-refractivity contribution in [1.29, 1.82) is 5.26 Å². The number of fused-ring (bicyclic) bond motifs is 1. The lowest BCUT2D eigenvalue weighted by Crippen LogP contribution is -2.03. The average Bonchev–Trinajstić information content (AvgIpc) is 3.20. The van der Waals surface area contributed by atoms with Gasteiger partial charge in [0.25, 0.3) is 0 Å². The maximum Gasteiger partial charge on any atom is 0.100 e. The van der Waals surface area contributed by atoms with Gasteiger partial charge in [-0.3, -0.25) is 0 Å². The molecule has 1 aliphatic rings. The number of hydrogen-bond acceptors (Lipinski definition) is 3. The number of thiazole rings is 1. The highest BCUT2D eigenvalue weighted by Gasteiger charge is 2.46. The monoisotopic (exact) mass is 290 g/mol. The van der Waals surface area contributed by atoms with Crippen LogP contribution in [0.3, 0.4) is 0 Å². The maximum absolute atomic E-state index is 9.26. The number of nitriles is 1. The predicted molar refractivity (Wildman–Crippen MR) is 85.4 cm³/mol. The molecule has 3 heteroatoms. The number of nitrogens with zero attached hydrogens (tertiary/aromatic N) is 2. The van der Waals surface area contributed by atoms with Crippen LogP contribution in [0.5, 0.6) is 0 Å². The first-order valence-corrected chi connectivity index (χ1v) is 8.01. The molecule has 2 aromatic carbocycles. The van der Waals surface area contributed by atoms with Crippen molar-refractivity contribution in [3.8, 4) is 6.07 Å². The molecular formula is C18H14N2S. The Kier molecular flexibility index (Phi) is 2.80. The van der Waals surface area contributed by atoms with E-state index in [9.17, 15) is 5.26 Å². The van der Waals surface area contributed by atoms with Crippen LogP contribution < -0.4 is 0 Å². The lowest BCUT2D eigenvalue weighted by molar-refractivity contribution is 0.857. The van der Waals surface area contributed by atoms with Crippen LogP contribution in [0.25, 0.3) is 10.8 Å². The summed E-state index contributed by atoms with van der Waals surface area (Å²) in [5.74, 6) is 0. The van der Waals surface area contributed by atoms with E-state index in [2.05, 4.69) is 53.9 Å². The molecule has 0 radical (unpaired) electrons. The molecule has 0 atom stereocenters. The third kappa shape index (κ3) is 2.12. The molecule has 21 heavy (non-hydrogen) atoms. The Morgan fingerprint density at radius 1 is 1.14 bits per heavy atom. The van der Waals surface area contributed by atoms with Crippen LogP contribution in [-0.4, -0.2) is 4.98 Å². The lowest BCUT2D eigenvalue weighted by Gasteiger charge is -2.04. The van der Waals surface area contributed by atoms with Crippen LogP contribution in [0.15, 0.2) is 47.8 Å². The first-order chi connectivity index (χ1) is 10.3. The molecule has 1 saturated carbocycles. The fourth-order valence-electron chi connectivity index (χ4n) is 2.77. The van der Waals surface area contributed by atoms with Crippen molar-refractivity contribution >= 4 is 22.1 Å². The van der Waals surface area contributed by atoms with Gasteiger partial charge in [0.05, 0.1) is 16.8 Å². The Morgan fingerprint density at radius 2 is 1.95 bits per heavy atom. The molecule has 4 rings (SSSR count). The Balaban J connectivity index is 1.68. The van der Waals surface area contributed by atoms with Gasteiger partial charge in [0.15, 0.2) is 0 Å². The molecule has 1 fully saturated rings. The summed E-state index contributed by atoms with van der Waals surface area (Å²) in [6.07, 6.45) is 2.76. The zero-order valence-corrected chi connectivity index (χ0v) is 12.4. The molecule has 1 heterocycles. The van der Waals surface area contributed by atoms with Gasteiger partial charge in [0, 0.05) is 11.8 Å². The Morgan fingerprint density at radius 3 is 2.76 bits per heavy atom. The minimum absolute atomic E-state index is 0.270. The summed E-state index contributed by atoms with van der Waals surface area (Å²) in [7, 11) is 0. The lowest BCUT2D eigenvalue weighted by atomic mass is 10.0. The van der Waals surface area contributed by atoms with Gasteiger partial charge in [-0.25, -0.2) is 4.98 Å². The molecule has 0 N–H and O–H groups in total. The topological polar surface area (TPSA) is 36.7 Å². The summed E-state index contributed by atoms with van der Waals surface area (Å²) in [6, 6.07) is 17.3. The average molecular weight is 290 g/mol. The van der Waals surface area contributed by atoms with Crippen molar-refractivity contribution in [3.63, 3.8) is 0 Å². The summed E-state index contributed by atoms with van der Waals surface area (Å²) in [6.45, 7) is 0. The largest absolute Gasteiger partial charge is 0.244 e. The van der Waals surface area contributed by atoms with Crippen molar-refractivity contribution < 1.29 is 0 Å². The van der Waals surface area contributed by atoms with Gasteiger partial charge in [-0.2, -0.15) is 5.26 Å². The molecule has 102 valence electrons. The van der Waals surface area contributed by atoms with E-state index in [0.29, 0.717) is 0 Å². The predicted octanol–water partition coefficient (Wildman–Crippen LogP) is 4.44. The molecule has 0 aliphatic heterocycles. The summed E-state index contributed by atoms with van der Waals surface area (Å²) in [5, 5.41) is 15.0. The molecule has 1 aromatic heterocycles. The molecule has 0 saturated heterocycles. The SMILES string of the molecule is N#CC1(c2csc(Cc3cccc4ccccc34)n2)CC1. The quantitative estimate of drug-likeness (QED) is 0.715. The van der Waals surface area contributed by atoms with Gasteiger partial charge in [-0.05, 0) is 29.2 Å². The van der Waals surface area contributed by atoms with Crippen molar-refractivity contribution in [1.82, 2.24) is 4.98 Å². The van der Waals surface area contributed by atoms with Gasteiger partial charge in [-0.15, -0.1) is 11.3 Å². The third-order valence-corrected chi connectivity index (χ3v) is 5.08. The van der Waals surface area contributed by atoms with Crippen LogP contribution in [0, 0.1) is 11.3 Å². The third-order valence-electron chi connectivity index (χ3n) is 4.23. The minimum atomic E-state index is -0.270. The van der Waals surface area contributed by atoms with Crippen molar-refractivity contribution in [2.24, 2.45) is 0 Å². The number of benzene rings is 2. The van der Waals surface area contributed by atoms with Crippen molar-refractivity contribution in [2.75, 3.05) is 0 Å². The summed E-state index contributed by atoms with van der Waals surface area (Å²) in [4.78, 5) is 4.71. The molecule has 0 bridgehead atoms. The van der Waals surface area contributed by atoms with E-state index in [0.717, 1.165) is 30.0 Å². The van der Waals surface area contributed by atoms with Crippen molar-refractivity contribution in [3.05, 3.63) is 64.1 Å². The Hall–Kier alpha value is -2.18. The highest BCUT2D eigenvalue weighted by molar-refractivity contribution is 7.09. The first-order valence-electron chi connectivity index (χ1n) is 7.13. The zero-order chi connectivity index (χ0) is 14.3. The summed E-state index contributed by atoms with van der Waals surface area (Å²) < 4.78 is 0. The highest BCUT2D eigenvalue weighted by Crippen LogP contribution is 2.47. The van der Waals surface area contributed by atoms with Gasteiger partial charge in [0.1, 0.15) is 5.41 Å². The highest BCUT2D eigenvalue weighted by atomic mass is 32.1. The van der Waals surface area contributed by atoms with Gasteiger partial charge in [-0.1, -0.05) is 42.5 Å². The number of aromatic nitrogens is 1. The Labute approximate surface area is 127 Å². The maximum atomic E-state index is 9.26. The second kappa shape index (κ2) is 4.68. The second-order valence-electron chi connectivity index (χ2n) is 5.64. The van der Waals surface area contributed by atoms with E-state index in [1.165, 1.54) is 16.3 Å². The van der Waals surface area contributed by atoms with Gasteiger partial charge >= 0.3 is 0 Å². The molecule has 1 aliphatic carbocycles. The molecule has 3 aromatic rings. The van der Waals surface area contributed by atoms with Crippen LogP contribution in [0.2, 0.25) is 0 Å². The number of rotatable bonds is 3. The van der Waals surface area contributed by atoms with E-state index in [1.54, 1.807) is 11.3 Å². The normalized spacial score (nSPS) is 15.8. The first kappa shape index (κ1) is 12.6. The van der Waals surface area contributed by atoms with Crippen molar-refractivity contribution in [2.45, 2.75) is 24.7 Å². The summed E-state index contributed by atoms with van der Waals surface area (Å²) in [5.41, 5.74) is 2.01. The zero-order valence-electron chi connectivity index (χ0n) is 11.5. The smallest absolute Gasteiger partial charge is 0.100 e. The van der Waals surface area contributed by atoms with Crippen LogP contribution >= 0.6 is 11.3 Å². The molecule has 0 spiro atoms. The van der Waals surface area contributed by atoms with E-state index in [4.69, 9.17) is 4.98 Å². The molecule has 2 nitrogen and oxygen atoms in total. The Bertz CT molecular complexity index is 848. The molecular weight excluding hydrogens is 276 g/mol. The van der Waals surface area contributed by atoms with E-state index in [-0.39, 0.29) is 5.41 Å². The van der Waals surface area contributed by atoms with Gasteiger partial charge in [0.2, 0.25) is 0 Å². The van der Waals surface area contributed by atoms with E-state index >= 15 is 0 Å². The second-order valence-corrected chi connectivity index (χ2v) is 6.58. The molecule has 0 amide bonds. The minimum Gasteiger partial charge on any atom is -0.244 e. The number of hydrogen-bond donors (Lipinski definition) is 0. The van der Waals surface area contributed by atoms with E-state index in [1.807, 2.05) is 0 Å². The van der Waals surface area contributed by atoms with E-state index < -0.39 is 0 Å². The fourth-order valence-corrected chi connectivity index (χ4v) is 3.69.